The fraction of sp³-hybridized carbons (Fsp3) is 0.300. The molecule has 0 radical (unpaired) electrons. The molecular weight excluding hydrogens is 290 g/mol. The normalized spacial score (nSPS) is 12.6. The third-order valence-corrected chi connectivity index (χ3v) is 4.57. The van der Waals surface area contributed by atoms with E-state index in [1.807, 2.05) is 0 Å². The molecule has 6 heteroatoms. The number of hydrogen-bond acceptors (Lipinski definition) is 4. The van der Waals surface area contributed by atoms with E-state index in [1.54, 1.807) is 12.3 Å². The van der Waals surface area contributed by atoms with Crippen LogP contribution in [0.2, 0.25) is 0 Å². The number of alkyl halides is 1. The predicted molar refractivity (Wildman–Crippen MR) is 67.9 cm³/mol. The van der Waals surface area contributed by atoms with Crippen LogP contribution in [-0.4, -0.2) is 15.2 Å². The van der Waals surface area contributed by atoms with Crippen molar-refractivity contribution in [3.63, 3.8) is 0 Å². The number of aromatic nitrogens is 3. The van der Waals surface area contributed by atoms with Crippen LogP contribution in [0.25, 0.3) is 10.6 Å². The van der Waals surface area contributed by atoms with E-state index < -0.39 is 0 Å². The molecule has 0 aliphatic rings. The number of pyridine rings is 1. The largest absolute Gasteiger partial charge is 0.328 e. The van der Waals surface area contributed by atoms with Gasteiger partial charge in [0.1, 0.15) is 10.0 Å². The Bertz CT molecular complexity index is 516. The van der Waals surface area contributed by atoms with Crippen LogP contribution in [0, 0.1) is 0 Å². The maximum atomic E-state index is 10.9. The molecular formula is C10H10BrN3OS. The first-order valence-corrected chi connectivity index (χ1v) is 6.60. The van der Waals surface area contributed by atoms with Crippen molar-refractivity contribution in [3.05, 3.63) is 33.7 Å². The van der Waals surface area contributed by atoms with E-state index in [0.29, 0.717) is 0 Å². The van der Waals surface area contributed by atoms with Gasteiger partial charge in [0, 0.05) is 17.8 Å². The van der Waals surface area contributed by atoms with Gasteiger partial charge in [-0.25, -0.2) is 0 Å². The van der Waals surface area contributed by atoms with Crippen LogP contribution in [0.15, 0.2) is 23.1 Å². The highest BCUT2D eigenvalue weighted by molar-refractivity contribution is 9.09. The number of rotatable bonds is 3. The summed E-state index contributed by atoms with van der Waals surface area (Å²) in [6.45, 7) is 2.08. The van der Waals surface area contributed by atoms with E-state index >= 15 is 0 Å². The van der Waals surface area contributed by atoms with E-state index in [9.17, 15) is 4.79 Å². The fourth-order valence-electron chi connectivity index (χ4n) is 1.20. The lowest BCUT2D eigenvalue weighted by molar-refractivity contribution is 0.870. The summed E-state index contributed by atoms with van der Waals surface area (Å²) < 4.78 is 0. The summed E-state index contributed by atoms with van der Waals surface area (Å²) in [5.41, 5.74) is 0.777. The van der Waals surface area contributed by atoms with Crippen molar-refractivity contribution in [2.24, 2.45) is 0 Å². The lowest BCUT2D eigenvalue weighted by atomic mass is 10.3. The zero-order valence-corrected chi connectivity index (χ0v) is 11.0. The summed E-state index contributed by atoms with van der Waals surface area (Å²) in [5, 5.41) is 10.0. The SMILES string of the molecule is CCC(Br)c1nnc(-c2ccc(=O)[nH]c2)s1. The van der Waals surface area contributed by atoms with Gasteiger partial charge in [-0.2, -0.15) is 0 Å². The number of nitrogens with one attached hydrogen (secondary N) is 1. The molecule has 0 spiro atoms. The van der Waals surface area contributed by atoms with Gasteiger partial charge in [-0.05, 0) is 12.5 Å². The van der Waals surface area contributed by atoms with Gasteiger partial charge < -0.3 is 4.98 Å². The molecule has 2 heterocycles. The van der Waals surface area contributed by atoms with Crippen LogP contribution in [-0.2, 0) is 0 Å². The second-order valence-electron chi connectivity index (χ2n) is 3.26. The summed E-state index contributed by atoms with van der Waals surface area (Å²) >= 11 is 5.07. The molecule has 0 aliphatic carbocycles. The molecule has 84 valence electrons. The molecule has 0 fully saturated rings. The summed E-state index contributed by atoms with van der Waals surface area (Å²) in [5.74, 6) is 0. The van der Waals surface area contributed by atoms with E-state index in [1.165, 1.54) is 17.4 Å². The lowest BCUT2D eigenvalue weighted by Gasteiger charge is -1.98. The number of nitrogens with zero attached hydrogens (tertiary/aromatic N) is 2. The molecule has 0 saturated carbocycles. The van der Waals surface area contributed by atoms with Crippen molar-refractivity contribution < 1.29 is 0 Å². The minimum atomic E-state index is -0.111. The van der Waals surface area contributed by atoms with Gasteiger partial charge in [-0.3, -0.25) is 4.79 Å². The van der Waals surface area contributed by atoms with Gasteiger partial charge in [0.05, 0.1) is 4.83 Å². The number of hydrogen-bond donors (Lipinski definition) is 1. The van der Waals surface area contributed by atoms with Crippen LogP contribution < -0.4 is 5.56 Å². The molecule has 2 rings (SSSR count). The molecule has 0 saturated heterocycles. The second kappa shape index (κ2) is 4.88. The van der Waals surface area contributed by atoms with Crippen LogP contribution >= 0.6 is 27.3 Å². The van der Waals surface area contributed by atoms with E-state index in [0.717, 1.165) is 22.0 Å². The molecule has 0 amide bonds. The van der Waals surface area contributed by atoms with E-state index in [4.69, 9.17) is 0 Å². The minimum absolute atomic E-state index is 0.111. The minimum Gasteiger partial charge on any atom is -0.328 e. The van der Waals surface area contributed by atoms with Crippen molar-refractivity contribution in [3.8, 4) is 10.6 Å². The maximum absolute atomic E-state index is 10.9. The quantitative estimate of drug-likeness (QED) is 0.887. The maximum Gasteiger partial charge on any atom is 0.247 e. The Morgan fingerprint density at radius 1 is 1.50 bits per heavy atom. The van der Waals surface area contributed by atoms with Gasteiger partial charge in [0.2, 0.25) is 5.56 Å². The molecule has 1 unspecified atom stereocenters. The molecule has 2 aromatic heterocycles. The van der Waals surface area contributed by atoms with E-state index in [-0.39, 0.29) is 10.4 Å². The first-order valence-electron chi connectivity index (χ1n) is 4.87. The van der Waals surface area contributed by atoms with Crippen LogP contribution in [0.5, 0.6) is 0 Å². The highest BCUT2D eigenvalue weighted by atomic mass is 79.9. The van der Waals surface area contributed by atoms with Crippen LogP contribution in [0.1, 0.15) is 23.2 Å². The zero-order chi connectivity index (χ0) is 11.5. The molecule has 0 bridgehead atoms. The Hall–Kier alpha value is -1.01. The smallest absolute Gasteiger partial charge is 0.247 e. The van der Waals surface area contributed by atoms with Crippen molar-refractivity contribution in [1.82, 2.24) is 15.2 Å². The van der Waals surface area contributed by atoms with Crippen molar-refractivity contribution in [2.75, 3.05) is 0 Å². The average Bonchev–Trinajstić information content (AvgIpc) is 2.78. The summed E-state index contributed by atoms with van der Waals surface area (Å²) in [6, 6.07) is 3.24. The monoisotopic (exact) mass is 299 g/mol. The zero-order valence-electron chi connectivity index (χ0n) is 8.61. The molecule has 16 heavy (non-hydrogen) atoms. The first kappa shape index (κ1) is 11.5. The lowest BCUT2D eigenvalue weighted by Crippen LogP contribution is -2.01. The average molecular weight is 300 g/mol. The fourth-order valence-corrected chi connectivity index (χ4v) is 2.47. The molecule has 1 N–H and O–H groups in total. The van der Waals surface area contributed by atoms with Gasteiger partial charge in [0.15, 0.2) is 0 Å². The van der Waals surface area contributed by atoms with Crippen LogP contribution in [0.4, 0.5) is 0 Å². The Labute approximate surface area is 105 Å². The first-order chi connectivity index (χ1) is 7.70. The molecule has 4 nitrogen and oxygen atoms in total. The third kappa shape index (κ3) is 2.38. The predicted octanol–water partition coefficient (Wildman–Crippen LogP) is 2.74. The Morgan fingerprint density at radius 2 is 2.31 bits per heavy atom. The summed E-state index contributed by atoms with van der Waals surface area (Å²) in [4.78, 5) is 13.8. The van der Waals surface area contributed by atoms with Crippen molar-refractivity contribution in [1.29, 1.82) is 0 Å². The number of halogens is 1. The standard InChI is InChI=1S/C10H10BrN3OS/c1-2-7(11)10-14-13-9(16-10)6-3-4-8(15)12-5-6/h3-5,7H,2H2,1H3,(H,12,15). The molecule has 0 aromatic carbocycles. The van der Waals surface area contributed by atoms with Crippen molar-refractivity contribution in [2.45, 2.75) is 18.2 Å². The molecule has 1 atom stereocenters. The summed E-state index contributed by atoms with van der Waals surface area (Å²) in [6.07, 6.45) is 2.63. The highest BCUT2D eigenvalue weighted by Gasteiger charge is 2.12. The van der Waals surface area contributed by atoms with E-state index in [2.05, 4.69) is 38.0 Å². The third-order valence-electron chi connectivity index (χ3n) is 2.10. The number of aromatic amines is 1. The second-order valence-corrected chi connectivity index (χ2v) is 5.38. The summed E-state index contributed by atoms with van der Waals surface area (Å²) in [7, 11) is 0. The van der Waals surface area contributed by atoms with Crippen molar-refractivity contribution >= 4 is 27.3 Å². The highest BCUT2D eigenvalue weighted by Crippen LogP contribution is 2.31. The van der Waals surface area contributed by atoms with Crippen LogP contribution in [0.3, 0.4) is 0 Å². The Balaban J connectivity index is 2.31. The Kier molecular flexibility index (Phi) is 3.50. The molecule has 2 aromatic rings. The van der Waals surface area contributed by atoms with Gasteiger partial charge in [0.25, 0.3) is 0 Å². The molecule has 0 aliphatic heterocycles. The Morgan fingerprint density at radius 3 is 2.94 bits per heavy atom. The van der Waals surface area contributed by atoms with Gasteiger partial charge >= 0.3 is 0 Å². The van der Waals surface area contributed by atoms with Gasteiger partial charge in [-0.1, -0.05) is 34.2 Å². The topological polar surface area (TPSA) is 58.6 Å². The number of H-pyrrole nitrogens is 1. The van der Waals surface area contributed by atoms with Gasteiger partial charge in [-0.15, -0.1) is 10.2 Å².